The Morgan fingerprint density at radius 2 is 1.88 bits per heavy atom. The second-order valence-corrected chi connectivity index (χ2v) is 6.98. The molecule has 0 aromatic carbocycles. The van der Waals surface area contributed by atoms with Crippen LogP contribution in [-0.2, 0) is 4.74 Å². The normalized spacial score (nSPS) is 25.3. The van der Waals surface area contributed by atoms with Crippen LogP contribution in [0.5, 0.6) is 0 Å². The summed E-state index contributed by atoms with van der Waals surface area (Å²) >= 11 is 0. The summed E-state index contributed by atoms with van der Waals surface area (Å²) in [5.41, 5.74) is 1.27. The molecule has 0 aliphatic carbocycles. The first-order valence-corrected chi connectivity index (χ1v) is 8.92. The van der Waals surface area contributed by atoms with Crippen molar-refractivity contribution >= 4 is 6.03 Å². The van der Waals surface area contributed by atoms with Crippen molar-refractivity contribution in [2.75, 3.05) is 39.3 Å². The standard InChI is InChI=1S/C18H28N4O2/c1-14-10-21(11-15(2)24-14)9-3-6-20-18(23)22-12-17(13-22)16-4-7-19-8-5-16/h4-5,7-8,14-15,17H,3,6,9-13H2,1-2H3,(H,20,23)/t14-,15+. The fourth-order valence-electron chi connectivity index (χ4n) is 3.57. The van der Waals surface area contributed by atoms with Gasteiger partial charge in [-0.1, -0.05) is 0 Å². The Morgan fingerprint density at radius 1 is 1.21 bits per heavy atom. The van der Waals surface area contributed by atoms with E-state index in [-0.39, 0.29) is 6.03 Å². The smallest absolute Gasteiger partial charge is 0.317 e. The molecule has 3 rings (SSSR count). The third kappa shape index (κ3) is 4.45. The van der Waals surface area contributed by atoms with Gasteiger partial charge in [-0.2, -0.15) is 0 Å². The molecule has 6 heteroatoms. The van der Waals surface area contributed by atoms with E-state index in [1.54, 1.807) is 0 Å². The lowest BCUT2D eigenvalue weighted by Gasteiger charge is -2.39. The van der Waals surface area contributed by atoms with Gasteiger partial charge in [0.2, 0.25) is 0 Å². The zero-order valence-electron chi connectivity index (χ0n) is 14.6. The van der Waals surface area contributed by atoms with Gasteiger partial charge >= 0.3 is 6.03 Å². The lowest BCUT2D eigenvalue weighted by atomic mass is 9.93. The second kappa shape index (κ2) is 7.94. The second-order valence-electron chi connectivity index (χ2n) is 6.98. The minimum Gasteiger partial charge on any atom is -0.373 e. The van der Waals surface area contributed by atoms with E-state index in [0.29, 0.717) is 18.1 Å². The van der Waals surface area contributed by atoms with Crippen LogP contribution in [0.15, 0.2) is 24.5 Å². The fourth-order valence-corrected chi connectivity index (χ4v) is 3.57. The number of likely N-dealkylation sites (tertiary alicyclic amines) is 1. The van der Waals surface area contributed by atoms with Gasteiger partial charge < -0.3 is 15.0 Å². The van der Waals surface area contributed by atoms with Crippen molar-refractivity contribution in [2.24, 2.45) is 0 Å². The van der Waals surface area contributed by atoms with E-state index in [2.05, 4.69) is 29.0 Å². The van der Waals surface area contributed by atoms with E-state index in [4.69, 9.17) is 4.74 Å². The predicted molar refractivity (Wildman–Crippen MR) is 93.0 cm³/mol. The van der Waals surface area contributed by atoms with E-state index >= 15 is 0 Å². The first-order chi connectivity index (χ1) is 11.6. The lowest BCUT2D eigenvalue weighted by Crippen LogP contribution is -2.53. The SMILES string of the molecule is C[C@@H]1CN(CCCNC(=O)N2CC(c3ccncc3)C2)C[C@H](C)O1. The molecular formula is C18H28N4O2. The first-order valence-electron chi connectivity index (χ1n) is 8.92. The minimum atomic E-state index is 0.0593. The molecular weight excluding hydrogens is 304 g/mol. The Morgan fingerprint density at radius 3 is 2.54 bits per heavy atom. The van der Waals surface area contributed by atoms with E-state index in [9.17, 15) is 4.79 Å². The van der Waals surface area contributed by atoms with E-state index < -0.39 is 0 Å². The molecule has 0 spiro atoms. The van der Waals surface area contributed by atoms with Crippen LogP contribution >= 0.6 is 0 Å². The van der Waals surface area contributed by atoms with Crippen LogP contribution in [0.3, 0.4) is 0 Å². The molecule has 6 nitrogen and oxygen atoms in total. The number of nitrogens with one attached hydrogen (secondary N) is 1. The first kappa shape index (κ1) is 17.2. The number of aromatic nitrogens is 1. The van der Waals surface area contributed by atoms with Crippen molar-refractivity contribution in [2.45, 2.75) is 38.4 Å². The third-order valence-electron chi connectivity index (χ3n) is 4.77. The molecule has 24 heavy (non-hydrogen) atoms. The van der Waals surface area contributed by atoms with Gasteiger partial charge in [0.15, 0.2) is 0 Å². The molecule has 2 aliphatic rings. The molecule has 0 bridgehead atoms. The maximum absolute atomic E-state index is 12.1. The van der Waals surface area contributed by atoms with E-state index in [1.165, 1.54) is 5.56 Å². The number of hydrogen-bond acceptors (Lipinski definition) is 4. The highest BCUT2D eigenvalue weighted by Crippen LogP contribution is 2.26. The number of ether oxygens (including phenoxy) is 1. The topological polar surface area (TPSA) is 57.7 Å². The molecule has 0 radical (unpaired) electrons. The van der Waals surface area contributed by atoms with Crippen molar-refractivity contribution in [1.29, 1.82) is 0 Å². The Bertz CT molecular complexity index is 523. The van der Waals surface area contributed by atoms with Gasteiger partial charge in [-0.3, -0.25) is 9.88 Å². The summed E-state index contributed by atoms with van der Waals surface area (Å²) in [5.74, 6) is 0.454. The summed E-state index contributed by atoms with van der Waals surface area (Å²) < 4.78 is 5.74. The summed E-state index contributed by atoms with van der Waals surface area (Å²) in [4.78, 5) is 20.5. The van der Waals surface area contributed by atoms with Crippen LogP contribution in [0.25, 0.3) is 0 Å². The summed E-state index contributed by atoms with van der Waals surface area (Å²) in [7, 11) is 0. The molecule has 2 atom stereocenters. The Balaban J connectivity index is 1.30. The van der Waals surface area contributed by atoms with Crippen LogP contribution in [-0.4, -0.2) is 72.3 Å². The average molecular weight is 332 g/mol. The molecule has 1 aromatic heterocycles. The molecule has 0 saturated carbocycles. The van der Waals surface area contributed by atoms with E-state index in [1.807, 2.05) is 29.4 Å². The van der Waals surface area contributed by atoms with Crippen molar-refractivity contribution in [3.05, 3.63) is 30.1 Å². The number of nitrogens with zero attached hydrogens (tertiary/aromatic N) is 3. The minimum absolute atomic E-state index is 0.0593. The highest BCUT2D eigenvalue weighted by atomic mass is 16.5. The molecule has 132 valence electrons. The van der Waals surface area contributed by atoms with Gasteiger partial charge in [0.1, 0.15) is 0 Å². The largest absolute Gasteiger partial charge is 0.373 e. The highest BCUT2D eigenvalue weighted by Gasteiger charge is 2.31. The monoisotopic (exact) mass is 332 g/mol. The van der Waals surface area contributed by atoms with Crippen LogP contribution < -0.4 is 5.32 Å². The number of urea groups is 1. The molecule has 2 amide bonds. The zero-order valence-corrected chi connectivity index (χ0v) is 14.6. The van der Waals surface area contributed by atoms with Crippen molar-refractivity contribution in [3.63, 3.8) is 0 Å². The molecule has 2 fully saturated rings. The number of pyridine rings is 1. The molecule has 0 unspecified atom stereocenters. The summed E-state index contributed by atoms with van der Waals surface area (Å²) in [6.07, 6.45) is 5.20. The Labute approximate surface area is 144 Å². The summed E-state index contributed by atoms with van der Waals surface area (Å²) in [6, 6.07) is 4.12. The molecule has 1 aromatic rings. The Kier molecular flexibility index (Phi) is 5.68. The van der Waals surface area contributed by atoms with Crippen LogP contribution in [0.4, 0.5) is 4.79 Å². The van der Waals surface area contributed by atoms with Crippen LogP contribution in [0, 0.1) is 0 Å². The van der Waals surface area contributed by atoms with Gasteiger partial charge in [0.05, 0.1) is 12.2 Å². The van der Waals surface area contributed by atoms with Crippen molar-refractivity contribution < 1.29 is 9.53 Å². The van der Waals surface area contributed by atoms with Gasteiger partial charge in [-0.15, -0.1) is 0 Å². The molecule has 1 N–H and O–H groups in total. The number of carbonyl (C=O) groups excluding carboxylic acids is 1. The van der Waals surface area contributed by atoms with Gasteiger partial charge in [0.25, 0.3) is 0 Å². The maximum atomic E-state index is 12.1. The van der Waals surface area contributed by atoms with Gasteiger partial charge in [-0.05, 0) is 38.0 Å². The third-order valence-corrected chi connectivity index (χ3v) is 4.77. The molecule has 2 saturated heterocycles. The number of amides is 2. The maximum Gasteiger partial charge on any atom is 0.317 e. The Hall–Kier alpha value is -1.66. The fraction of sp³-hybridized carbons (Fsp3) is 0.667. The van der Waals surface area contributed by atoms with Crippen molar-refractivity contribution in [3.8, 4) is 0 Å². The quantitative estimate of drug-likeness (QED) is 0.834. The lowest BCUT2D eigenvalue weighted by molar-refractivity contribution is -0.0680. The highest BCUT2D eigenvalue weighted by molar-refractivity contribution is 5.75. The number of morpholine rings is 1. The summed E-state index contributed by atoms with van der Waals surface area (Å²) in [6.45, 7) is 9.55. The molecule has 2 aliphatic heterocycles. The van der Waals surface area contributed by atoms with Gasteiger partial charge in [-0.25, -0.2) is 4.79 Å². The van der Waals surface area contributed by atoms with E-state index in [0.717, 1.165) is 45.7 Å². The van der Waals surface area contributed by atoms with Crippen LogP contribution in [0.1, 0.15) is 31.7 Å². The number of carbonyl (C=O) groups is 1. The summed E-state index contributed by atoms with van der Waals surface area (Å²) in [5, 5.41) is 3.04. The number of rotatable bonds is 5. The van der Waals surface area contributed by atoms with Crippen LogP contribution in [0.2, 0.25) is 0 Å². The molecule has 3 heterocycles. The average Bonchev–Trinajstić information content (AvgIpc) is 2.50. The van der Waals surface area contributed by atoms with Crippen molar-refractivity contribution in [1.82, 2.24) is 20.1 Å². The zero-order chi connectivity index (χ0) is 16.9. The number of hydrogen-bond donors (Lipinski definition) is 1. The van der Waals surface area contributed by atoms with Gasteiger partial charge in [0, 0.05) is 57.6 Å². The predicted octanol–water partition coefficient (Wildman–Crippen LogP) is 1.69.